The van der Waals surface area contributed by atoms with Gasteiger partial charge in [-0.05, 0) is 17.9 Å². The Labute approximate surface area is 145 Å². The van der Waals surface area contributed by atoms with Crippen LogP contribution in [0.4, 0.5) is 4.79 Å². The van der Waals surface area contributed by atoms with Gasteiger partial charge in [-0.25, -0.2) is 9.78 Å². The van der Waals surface area contributed by atoms with E-state index >= 15 is 0 Å². The van der Waals surface area contributed by atoms with E-state index in [-0.39, 0.29) is 6.03 Å². The molecule has 124 valence electrons. The molecule has 0 bridgehead atoms. The number of carbonyl (C=O) groups excluding carboxylic acids is 1. The fourth-order valence-electron chi connectivity index (χ4n) is 2.43. The van der Waals surface area contributed by atoms with E-state index in [1.165, 1.54) is 0 Å². The summed E-state index contributed by atoms with van der Waals surface area (Å²) >= 11 is 1.64. The van der Waals surface area contributed by atoms with Gasteiger partial charge in [0.05, 0.1) is 6.54 Å². The number of imidazole rings is 1. The molecular weight excluding hydrogens is 320 g/mol. The minimum absolute atomic E-state index is 0.127. The van der Waals surface area contributed by atoms with Crippen molar-refractivity contribution in [1.29, 1.82) is 0 Å². The van der Waals surface area contributed by atoms with Crippen molar-refractivity contribution in [3.63, 3.8) is 0 Å². The summed E-state index contributed by atoms with van der Waals surface area (Å²) in [6.45, 7) is 2.02. The van der Waals surface area contributed by atoms with Crippen LogP contribution in [-0.2, 0) is 13.1 Å². The quantitative estimate of drug-likeness (QED) is 0.647. The Morgan fingerprint density at radius 1 is 1.12 bits per heavy atom. The number of aryl methyl sites for hydroxylation is 1. The van der Waals surface area contributed by atoms with Gasteiger partial charge in [0, 0.05) is 35.9 Å². The Balaban J connectivity index is 1.41. The molecule has 2 amide bonds. The number of thiophene rings is 1. The summed E-state index contributed by atoms with van der Waals surface area (Å²) in [5.74, 6) is 0.956. The van der Waals surface area contributed by atoms with E-state index in [0.717, 1.165) is 29.2 Å². The number of benzene rings is 1. The number of hydrogen-bond acceptors (Lipinski definition) is 3. The van der Waals surface area contributed by atoms with Gasteiger partial charge < -0.3 is 15.2 Å². The van der Waals surface area contributed by atoms with Gasteiger partial charge in [0.1, 0.15) is 5.82 Å². The second-order valence-corrected chi connectivity index (χ2v) is 6.38. The first-order valence-corrected chi connectivity index (χ1v) is 8.81. The van der Waals surface area contributed by atoms with Crippen LogP contribution in [0.1, 0.15) is 11.3 Å². The van der Waals surface area contributed by atoms with Gasteiger partial charge in [-0.1, -0.05) is 36.4 Å². The van der Waals surface area contributed by atoms with Crippen LogP contribution in [0.3, 0.4) is 0 Å². The van der Waals surface area contributed by atoms with E-state index in [0.29, 0.717) is 13.1 Å². The maximum atomic E-state index is 11.8. The highest BCUT2D eigenvalue weighted by molar-refractivity contribution is 7.09. The summed E-state index contributed by atoms with van der Waals surface area (Å²) in [7, 11) is 0. The van der Waals surface area contributed by atoms with Gasteiger partial charge in [-0.3, -0.25) is 0 Å². The summed E-state index contributed by atoms with van der Waals surface area (Å²) < 4.78 is 2.11. The molecule has 0 spiro atoms. The monoisotopic (exact) mass is 340 g/mol. The molecule has 0 saturated carbocycles. The predicted octanol–water partition coefficient (Wildman–Crippen LogP) is 3.50. The van der Waals surface area contributed by atoms with E-state index in [1.807, 2.05) is 48.1 Å². The standard InChI is InChI=1S/C18H20N4OS/c23-18(21-14-16-8-4-13-24-16)20-9-5-11-22-12-10-19-17(22)15-6-2-1-3-7-15/h1-4,6-8,10,12-13H,5,9,11,14H2,(H2,20,21,23). The number of hydrogen-bond donors (Lipinski definition) is 2. The molecule has 1 aromatic carbocycles. The number of carbonyl (C=O) groups is 1. The van der Waals surface area contributed by atoms with Crippen LogP contribution in [-0.4, -0.2) is 22.1 Å². The van der Waals surface area contributed by atoms with Gasteiger partial charge in [0.2, 0.25) is 0 Å². The van der Waals surface area contributed by atoms with Crippen LogP contribution in [0, 0.1) is 0 Å². The molecule has 3 rings (SSSR count). The zero-order chi connectivity index (χ0) is 16.6. The third kappa shape index (κ3) is 4.45. The molecule has 5 nitrogen and oxygen atoms in total. The summed E-state index contributed by atoms with van der Waals surface area (Å²) in [5, 5.41) is 7.75. The van der Waals surface area contributed by atoms with Crippen molar-refractivity contribution in [2.45, 2.75) is 19.5 Å². The Morgan fingerprint density at radius 3 is 2.79 bits per heavy atom. The third-order valence-corrected chi connectivity index (χ3v) is 4.49. The lowest BCUT2D eigenvalue weighted by Gasteiger charge is -2.09. The first-order chi connectivity index (χ1) is 11.8. The molecule has 0 unspecified atom stereocenters. The number of aromatic nitrogens is 2. The second kappa shape index (κ2) is 8.31. The third-order valence-electron chi connectivity index (χ3n) is 3.61. The Kier molecular flexibility index (Phi) is 5.63. The average molecular weight is 340 g/mol. The fourth-order valence-corrected chi connectivity index (χ4v) is 3.08. The average Bonchev–Trinajstić information content (AvgIpc) is 3.29. The zero-order valence-corrected chi connectivity index (χ0v) is 14.1. The van der Waals surface area contributed by atoms with Crippen molar-refractivity contribution in [1.82, 2.24) is 20.2 Å². The SMILES string of the molecule is O=C(NCCCn1ccnc1-c1ccccc1)NCc1cccs1. The number of nitrogens with one attached hydrogen (secondary N) is 2. The number of rotatable bonds is 7. The number of nitrogens with zero attached hydrogens (tertiary/aromatic N) is 2. The van der Waals surface area contributed by atoms with Crippen LogP contribution in [0.5, 0.6) is 0 Å². The topological polar surface area (TPSA) is 59.0 Å². The zero-order valence-electron chi connectivity index (χ0n) is 13.3. The van der Waals surface area contributed by atoms with Gasteiger partial charge in [-0.15, -0.1) is 11.3 Å². The lowest BCUT2D eigenvalue weighted by Crippen LogP contribution is -2.35. The minimum atomic E-state index is -0.127. The van der Waals surface area contributed by atoms with E-state index in [1.54, 1.807) is 11.3 Å². The molecule has 3 aromatic rings. The maximum Gasteiger partial charge on any atom is 0.315 e. The highest BCUT2D eigenvalue weighted by Gasteiger charge is 2.05. The smallest absolute Gasteiger partial charge is 0.315 e. The Morgan fingerprint density at radius 2 is 2.00 bits per heavy atom. The minimum Gasteiger partial charge on any atom is -0.338 e. The predicted molar refractivity (Wildman–Crippen MR) is 96.8 cm³/mol. The van der Waals surface area contributed by atoms with Crippen molar-refractivity contribution in [2.75, 3.05) is 6.54 Å². The van der Waals surface area contributed by atoms with E-state index in [9.17, 15) is 4.79 Å². The van der Waals surface area contributed by atoms with Gasteiger partial charge in [-0.2, -0.15) is 0 Å². The molecule has 0 aliphatic carbocycles. The first kappa shape index (κ1) is 16.3. The molecule has 0 saturated heterocycles. The van der Waals surface area contributed by atoms with Crippen LogP contribution in [0.15, 0.2) is 60.2 Å². The van der Waals surface area contributed by atoms with E-state index in [2.05, 4.69) is 32.3 Å². The Bertz CT molecular complexity index is 752. The van der Waals surface area contributed by atoms with Crippen molar-refractivity contribution >= 4 is 17.4 Å². The molecule has 2 heterocycles. The first-order valence-electron chi connectivity index (χ1n) is 7.93. The van der Waals surface area contributed by atoms with Crippen molar-refractivity contribution in [3.05, 3.63) is 65.1 Å². The van der Waals surface area contributed by atoms with Gasteiger partial charge in [0.25, 0.3) is 0 Å². The molecular formula is C18H20N4OS. The normalized spacial score (nSPS) is 10.5. The molecule has 2 aromatic heterocycles. The van der Waals surface area contributed by atoms with Crippen LogP contribution in [0.25, 0.3) is 11.4 Å². The summed E-state index contributed by atoms with van der Waals surface area (Å²) in [4.78, 5) is 17.3. The largest absolute Gasteiger partial charge is 0.338 e. The summed E-state index contributed by atoms with van der Waals surface area (Å²) in [6.07, 6.45) is 4.63. The lowest BCUT2D eigenvalue weighted by atomic mass is 10.2. The number of urea groups is 1. The highest BCUT2D eigenvalue weighted by atomic mass is 32.1. The molecule has 0 fully saturated rings. The number of amides is 2. The van der Waals surface area contributed by atoms with E-state index < -0.39 is 0 Å². The molecule has 0 aliphatic heterocycles. The molecule has 0 aliphatic rings. The molecule has 0 atom stereocenters. The van der Waals surface area contributed by atoms with Crippen molar-refractivity contribution < 1.29 is 4.79 Å². The molecule has 2 N–H and O–H groups in total. The summed E-state index contributed by atoms with van der Waals surface area (Å²) in [5.41, 5.74) is 1.10. The van der Waals surface area contributed by atoms with Crippen LogP contribution >= 0.6 is 11.3 Å². The van der Waals surface area contributed by atoms with E-state index in [4.69, 9.17) is 0 Å². The van der Waals surface area contributed by atoms with Gasteiger partial charge in [0.15, 0.2) is 0 Å². The summed E-state index contributed by atoms with van der Waals surface area (Å²) in [6, 6.07) is 14.0. The molecule has 0 radical (unpaired) electrons. The molecule has 24 heavy (non-hydrogen) atoms. The maximum absolute atomic E-state index is 11.8. The highest BCUT2D eigenvalue weighted by Crippen LogP contribution is 2.16. The second-order valence-electron chi connectivity index (χ2n) is 5.35. The Hall–Kier alpha value is -2.60. The van der Waals surface area contributed by atoms with Crippen molar-refractivity contribution in [3.8, 4) is 11.4 Å². The van der Waals surface area contributed by atoms with Crippen LogP contribution < -0.4 is 10.6 Å². The van der Waals surface area contributed by atoms with Gasteiger partial charge >= 0.3 is 6.03 Å². The lowest BCUT2D eigenvalue weighted by molar-refractivity contribution is 0.240. The van der Waals surface area contributed by atoms with Crippen LogP contribution in [0.2, 0.25) is 0 Å². The molecule has 6 heteroatoms. The fraction of sp³-hybridized carbons (Fsp3) is 0.222. The van der Waals surface area contributed by atoms with Crippen molar-refractivity contribution in [2.24, 2.45) is 0 Å².